The molecule has 0 spiro atoms. The zero-order valence-corrected chi connectivity index (χ0v) is 9.37. The summed E-state index contributed by atoms with van der Waals surface area (Å²) in [5, 5.41) is 19.0. The Morgan fingerprint density at radius 1 is 1.33 bits per heavy atom. The average molecular weight is 253 g/mol. The largest absolute Gasteiger partial charge is 0.481 e. The van der Waals surface area contributed by atoms with Crippen LogP contribution >= 0.6 is 0 Å². The van der Waals surface area contributed by atoms with E-state index in [0.29, 0.717) is 0 Å². The number of ether oxygens (including phenoxy) is 1. The van der Waals surface area contributed by atoms with Crippen molar-refractivity contribution in [2.45, 2.75) is 12.8 Å². The SMILES string of the molecule is O=C(O)CCCOC(=O)c1ccccc1[N+](=O)[O-]. The molecule has 1 rings (SSSR count). The molecule has 0 amide bonds. The van der Waals surface area contributed by atoms with E-state index in [1.54, 1.807) is 0 Å². The molecule has 0 fully saturated rings. The lowest BCUT2D eigenvalue weighted by Gasteiger charge is -2.04. The molecule has 7 heteroatoms. The van der Waals surface area contributed by atoms with Crippen LogP contribution in [0.25, 0.3) is 0 Å². The van der Waals surface area contributed by atoms with Gasteiger partial charge in [0.15, 0.2) is 0 Å². The van der Waals surface area contributed by atoms with Gasteiger partial charge in [-0.15, -0.1) is 0 Å². The quantitative estimate of drug-likeness (QED) is 0.357. The van der Waals surface area contributed by atoms with E-state index >= 15 is 0 Å². The van der Waals surface area contributed by atoms with Gasteiger partial charge in [-0.05, 0) is 12.5 Å². The molecule has 1 aromatic carbocycles. The standard InChI is InChI=1S/C11H11NO6/c13-10(14)6-3-7-18-11(15)8-4-1-2-5-9(8)12(16)17/h1-2,4-5H,3,6-7H2,(H,13,14). The van der Waals surface area contributed by atoms with Crippen molar-refractivity contribution in [2.75, 3.05) is 6.61 Å². The van der Waals surface area contributed by atoms with Gasteiger partial charge >= 0.3 is 11.9 Å². The third-order valence-electron chi connectivity index (χ3n) is 2.09. The monoisotopic (exact) mass is 253 g/mol. The van der Waals surface area contributed by atoms with E-state index in [0.717, 1.165) is 0 Å². The van der Waals surface area contributed by atoms with Crippen LogP contribution in [0.4, 0.5) is 5.69 Å². The number of carboxylic acids is 1. The number of carboxylic acid groups (broad SMARTS) is 1. The van der Waals surface area contributed by atoms with Gasteiger partial charge in [-0.25, -0.2) is 4.79 Å². The Kier molecular flexibility index (Phi) is 4.79. The first-order valence-electron chi connectivity index (χ1n) is 5.14. The molecule has 18 heavy (non-hydrogen) atoms. The smallest absolute Gasteiger partial charge is 0.345 e. The lowest BCUT2D eigenvalue weighted by molar-refractivity contribution is -0.385. The second kappa shape index (κ2) is 6.33. The molecule has 0 heterocycles. The van der Waals surface area contributed by atoms with Gasteiger partial charge in [0, 0.05) is 12.5 Å². The zero-order valence-electron chi connectivity index (χ0n) is 9.37. The maximum Gasteiger partial charge on any atom is 0.345 e. The minimum absolute atomic E-state index is 0.0861. The van der Waals surface area contributed by atoms with Crippen LogP contribution in [-0.4, -0.2) is 28.6 Å². The summed E-state index contributed by atoms with van der Waals surface area (Å²) in [5.41, 5.74) is -0.474. The summed E-state index contributed by atoms with van der Waals surface area (Å²) in [7, 11) is 0. The molecule has 0 bridgehead atoms. The first-order valence-corrected chi connectivity index (χ1v) is 5.14. The summed E-state index contributed by atoms with van der Waals surface area (Å²) in [6.07, 6.45) is 0.0475. The Bertz CT molecular complexity index is 470. The summed E-state index contributed by atoms with van der Waals surface area (Å²) in [6, 6.07) is 5.42. The van der Waals surface area contributed by atoms with E-state index in [1.165, 1.54) is 24.3 Å². The number of hydrogen-bond acceptors (Lipinski definition) is 5. The maximum absolute atomic E-state index is 11.5. The van der Waals surface area contributed by atoms with Gasteiger partial charge in [0.25, 0.3) is 5.69 Å². The highest BCUT2D eigenvalue weighted by molar-refractivity contribution is 5.93. The molecule has 0 radical (unpaired) electrons. The average Bonchev–Trinajstić information content (AvgIpc) is 2.34. The zero-order chi connectivity index (χ0) is 13.5. The number of hydrogen-bond donors (Lipinski definition) is 1. The number of aliphatic carboxylic acids is 1. The Morgan fingerprint density at radius 2 is 2.00 bits per heavy atom. The predicted molar refractivity (Wildman–Crippen MR) is 60.2 cm³/mol. The summed E-state index contributed by atoms with van der Waals surface area (Å²) in [5.74, 6) is -1.82. The number of benzene rings is 1. The van der Waals surface area contributed by atoms with Gasteiger partial charge in [0.05, 0.1) is 11.5 Å². The van der Waals surface area contributed by atoms with Crippen LogP contribution in [-0.2, 0) is 9.53 Å². The first kappa shape index (κ1) is 13.6. The maximum atomic E-state index is 11.5. The minimum atomic E-state index is -0.989. The van der Waals surface area contributed by atoms with Crippen molar-refractivity contribution >= 4 is 17.6 Å². The van der Waals surface area contributed by atoms with Crippen molar-refractivity contribution in [3.8, 4) is 0 Å². The molecule has 7 nitrogen and oxygen atoms in total. The second-order valence-corrected chi connectivity index (χ2v) is 3.41. The summed E-state index contributed by atoms with van der Waals surface area (Å²) < 4.78 is 4.76. The molecule has 0 saturated heterocycles. The van der Waals surface area contributed by atoms with Gasteiger partial charge in [0.1, 0.15) is 5.56 Å². The Balaban J connectivity index is 2.61. The lowest BCUT2D eigenvalue weighted by atomic mass is 10.2. The van der Waals surface area contributed by atoms with Crippen LogP contribution in [0.5, 0.6) is 0 Å². The Labute approximate surface area is 102 Å². The van der Waals surface area contributed by atoms with Gasteiger partial charge in [0.2, 0.25) is 0 Å². The van der Waals surface area contributed by atoms with Crippen LogP contribution in [0.15, 0.2) is 24.3 Å². The number of carbonyl (C=O) groups is 2. The fourth-order valence-electron chi connectivity index (χ4n) is 1.27. The summed E-state index contributed by atoms with van der Waals surface area (Å²) >= 11 is 0. The highest BCUT2D eigenvalue weighted by Crippen LogP contribution is 2.18. The van der Waals surface area contributed by atoms with Crippen LogP contribution in [0.2, 0.25) is 0 Å². The second-order valence-electron chi connectivity index (χ2n) is 3.41. The number of rotatable bonds is 6. The van der Waals surface area contributed by atoms with Crippen LogP contribution in [0.1, 0.15) is 23.2 Å². The third-order valence-corrected chi connectivity index (χ3v) is 2.09. The van der Waals surface area contributed by atoms with E-state index in [2.05, 4.69) is 0 Å². The van der Waals surface area contributed by atoms with E-state index in [-0.39, 0.29) is 30.7 Å². The predicted octanol–water partition coefficient (Wildman–Crippen LogP) is 1.62. The van der Waals surface area contributed by atoms with Crippen LogP contribution < -0.4 is 0 Å². The molecule has 0 aliphatic heterocycles. The van der Waals surface area contributed by atoms with E-state index < -0.39 is 16.9 Å². The normalized spacial score (nSPS) is 9.78. The third kappa shape index (κ3) is 3.85. The molecule has 0 aliphatic rings. The summed E-state index contributed by atoms with van der Waals surface area (Å²) in [6.45, 7) is -0.0861. The summed E-state index contributed by atoms with van der Waals surface area (Å²) in [4.78, 5) is 31.8. The minimum Gasteiger partial charge on any atom is -0.481 e. The molecule has 1 N–H and O–H groups in total. The molecule has 0 saturated carbocycles. The first-order chi connectivity index (χ1) is 8.52. The number of para-hydroxylation sites is 1. The topological polar surface area (TPSA) is 107 Å². The van der Waals surface area contributed by atoms with Gasteiger partial charge in [-0.1, -0.05) is 12.1 Å². The van der Waals surface area contributed by atoms with Crippen molar-refractivity contribution in [1.29, 1.82) is 0 Å². The van der Waals surface area contributed by atoms with E-state index in [4.69, 9.17) is 9.84 Å². The Hall–Kier alpha value is -2.44. The highest BCUT2D eigenvalue weighted by atomic mass is 16.6. The van der Waals surface area contributed by atoms with Gasteiger partial charge in [-0.3, -0.25) is 14.9 Å². The van der Waals surface area contributed by atoms with Crippen molar-refractivity contribution in [1.82, 2.24) is 0 Å². The Morgan fingerprint density at radius 3 is 2.61 bits per heavy atom. The fourth-order valence-corrected chi connectivity index (χ4v) is 1.27. The van der Waals surface area contributed by atoms with Crippen molar-refractivity contribution in [3.63, 3.8) is 0 Å². The van der Waals surface area contributed by atoms with Crippen molar-refractivity contribution in [2.24, 2.45) is 0 Å². The number of nitro benzene ring substituents is 1. The highest BCUT2D eigenvalue weighted by Gasteiger charge is 2.20. The van der Waals surface area contributed by atoms with Crippen molar-refractivity contribution in [3.05, 3.63) is 39.9 Å². The molecule has 96 valence electrons. The lowest BCUT2D eigenvalue weighted by Crippen LogP contribution is -2.10. The molecule has 0 atom stereocenters. The van der Waals surface area contributed by atoms with Crippen LogP contribution in [0, 0.1) is 10.1 Å². The van der Waals surface area contributed by atoms with E-state index in [1.807, 2.05) is 0 Å². The fraction of sp³-hybridized carbons (Fsp3) is 0.273. The molecule has 0 unspecified atom stereocenters. The van der Waals surface area contributed by atoms with Gasteiger partial charge < -0.3 is 9.84 Å². The van der Waals surface area contributed by atoms with Crippen molar-refractivity contribution < 1.29 is 24.4 Å². The van der Waals surface area contributed by atoms with Gasteiger partial charge in [-0.2, -0.15) is 0 Å². The number of nitrogens with zero attached hydrogens (tertiary/aromatic N) is 1. The number of carbonyl (C=O) groups excluding carboxylic acids is 1. The molecular weight excluding hydrogens is 242 g/mol. The van der Waals surface area contributed by atoms with Crippen LogP contribution in [0.3, 0.4) is 0 Å². The molecule has 0 aliphatic carbocycles. The molecule has 0 aromatic heterocycles. The molecule has 1 aromatic rings. The number of esters is 1. The van der Waals surface area contributed by atoms with E-state index in [9.17, 15) is 19.7 Å². The number of nitro groups is 1. The molecular formula is C11H11NO6.